The van der Waals surface area contributed by atoms with Gasteiger partial charge in [0.1, 0.15) is 5.82 Å². The Hall–Kier alpha value is -2.85. The smallest absolute Gasteiger partial charge is 0.243 e. The number of benzene rings is 2. The molecule has 0 spiro atoms. The summed E-state index contributed by atoms with van der Waals surface area (Å²) in [6.45, 7) is 2.16. The van der Waals surface area contributed by atoms with Crippen LogP contribution in [0.2, 0.25) is 0 Å². The minimum absolute atomic E-state index is 0.301. The molecule has 1 aliphatic heterocycles. The van der Waals surface area contributed by atoms with Crippen LogP contribution in [0.15, 0.2) is 70.9 Å². The molecule has 9 heteroatoms. The molecule has 0 saturated carbocycles. The maximum absolute atomic E-state index is 12.8. The van der Waals surface area contributed by atoms with E-state index in [0.717, 1.165) is 27.2 Å². The molecule has 1 saturated heterocycles. The highest BCUT2D eigenvalue weighted by atomic mass is 32.2. The number of rotatable bonds is 6. The average Bonchev–Trinajstić information content (AvgIpc) is 3.38. The zero-order valence-electron chi connectivity index (χ0n) is 17.3. The number of anilines is 1. The van der Waals surface area contributed by atoms with Gasteiger partial charge in [-0.3, -0.25) is 0 Å². The Morgan fingerprint density at radius 1 is 0.969 bits per heavy atom. The fourth-order valence-corrected chi connectivity index (χ4v) is 5.69. The van der Waals surface area contributed by atoms with E-state index >= 15 is 0 Å². The molecule has 1 N–H and O–H groups in total. The van der Waals surface area contributed by atoms with Crippen molar-refractivity contribution in [3.05, 3.63) is 71.6 Å². The van der Waals surface area contributed by atoms with Crippen molar-refractivity contribution in [1.82, 2.24) is 14.3 Å². The van der Waals surface area contributed by atoms with Gasteiger partial charge in [-0.25, -0.2) is 18.4 Å². The van der Waals surface area contributed by atoms with Crippen LogP contribution >= 0.6 is 11.3 Å². The summed E-state index contributed by atoms with van der Waals surface area (Å²) in [6, 6.07) is 18.9. The van der Waals surface area contributed by atoms with Crippen molar-refractivity contribution < 1.29 is 13.2 Å². The van der Waals surface area contributed by atoms with Gasteiger partial charge in [0, 0.05) is 25.0 Å². The zero-order valence-corrected chi connectivity index (χ0v) is 18.9. The fraction of sp³-hybridized carbons (Fsp3) is 0.217. The van der Waals surface area contributed by atoms with Crippen molar-refractivity contribution in [2.24, 2.45) is 0 Å². The lowest BCUT2D eigenvalue weighted by atomic mass is 10.2. The highest BCUT2D eigenvalue weighted by Crippen LogP contribution is 2.28. The third-order valence-electron chi connectivity index (χ3n) is 5.34. The predicted molar refractivity (Wildman–Crippen MR) is 126 cm³/mol. The van der Waals surface area contributed by atoms with Crippen molar-refractivity contribution in [3.8, 4) is 10.7 Å². The van der Waals surface area contributed by atoms with E-state index < -0.39 is 10.0 Å². The van der Waals surface area contributed by atoms with Gasteiger partial charge in [0.15, 0.2) is 5.82 Å². The summed E-state index contributed by atoms with van der Waals surface area (Å²) < 4.78 is 32.4. The molecule has 0 atom stereocenters. The molecule has 0 aliphatic carbocycles. The minimum atomic E-state index is -3.49. The van der Waals surface area contributed by atoms with Crippen LogP contribution in [-0.2, 0) is 21.3 Å². The summed E-state index contributed by atoms with van der Waals surface area (Å²) in [7, 11) is -3.49. The number of hydrogen-bond donors (Lipinski definition) is 1. The third kappa shape index (κ3) is 4.24. The Balaban J connectivity index is 1.37. The highest BCUT2D eigenvalue weighted by Gasteiger charge is 2.26. The lowest BCUT2D eigenvalue weighted by Gasteiger charge is -2.26. The van der Waals surface area contributed by atoms with Gasteiger partial charge in [-0.15, -0.1) is 11.3 Å². The van der Waals surface area contributed by atoms with Gasteiger partial charge in [-0.05, 0) is 41.3 Å². The molecule has 164 valence electrons. The van der Waals surface area contributed by atoms with Gasteiger partial charge in [-0.2, -0.15) is 4.31 Å². The first kappa shape index (κ1) is 21.0. The zero-order chi connectivity index (χ0) is 22.0. The standard InChI is InChI=1S/C23H22N4O3S2/c28-32(29,27-11-13-30-14-12-27)18-9-7-17(8-10-18)16-24-22-19-4-1-2-5-20(19)25-23(26-22)21-6-3-15-31-21/h1-10,15H,11-14,16H2,(H,24,25,26). The normalized spacial score (nSPS) is 15.1. The van der Waals surface area contributed by atoms with Crippen LogP contribution in [0.5, 0.6) is 0 Å². The fourth-order valence-electron chi connectivity index (χ4n) is 3.63. The SMILES string of the molecule is O=S(=O)(c1ccc(CNc2nc(-c3cccs3)nc3ccccc23)cc1)N1CCOCC1. The van der Waals surface area contributed by atoms with E-state index in [0.29, 0.717) is 43.6 Å². The number of aromatic nitrogens is 2. The van der Waals surface area contributed by atoms with E-state index in [1.54, 1.807) is 23.5 Å². The monoisotopic (exact) mass is 466 g/mol. The Bertz CT molecular complexity index is 1320. The lowest BCUT2D eigenvalue weighted by Crippen LogP contribution is -2.40. The molecule has 32 heavy (non-hydrogen) atoms. The maximum Gasteiger partial charge on any atom is 0.243 e. The molecule has 1 aliphatic rings. The van der Waals surface area contributed by atoms with Gasteiger partial charge in [0.2, 0.25) is 10.0 Å². The third-order valence-corrected chi connectivity index (χ3v) is 8.11. The van der Waals surface area contributed by atoms with Gasteiger partial charge in [0.25, 0.3) is 0 Å². The van der Waals surface area contributed by atoms with Crippen LogP contribution in [0.4, 0.5) is 5.82 Å². The highest BCUT2D eigenvalue weighted by molar-refractivity contribution is 7.89. The van der Waals surface area contributed by atoms with Gasteiger partial charge in [0.05, 0.1) is 28.5 Å². The molecule has 5 rings (SSSR count). The van der Waals surface area contributed by atoms with Crippen LogP contribution in [0, 0.1) is 0 Å². The van der Waals surface area contributed by atoms with Crippen molar-refractivity contribution in [2.45, 2.75) is 11.4 Å². The second-order valence-corrected chi connectivity index (χ2v) is 10.3. The summed E-state index contributed by atoms with van der Waals surface area (Å²) >= 11 is 1.60. The number of sulfonamides is 1. The molecular weight excluding hydrogens is 444 g/mol. The summed E-state index contributed by atoms with van der Waals surface area (Å²) in [6.07, 6.45) is 0. The molecule has 2 aromatic heterocycles. The summed E-state index contributed by atoms with van der Waals surface area (Å²) in [5.74, 6) is 1.44. The number of nitrogens with zero attached hydrogens (tertiary/aromatic N) is 3. The number of para-hydroxylation sites is 1. The van der Waals surface area contributed by atoms with Gasteiger partial charge >= 0.3 is 0 Å². The summed E-state index contributed by atoms with van der Waals surface area (Å²) in [5.41, 5.74) is 1.84. The first-order valence-electron chi connectivity index (χ1n) is 10.3. The molecule has 1 fully saturated rings. The molecule has 7 nitrogen and oxygen atoms in total. The van der Waals surface area contributed by atoms with Crippen molar-refractivity contribution in [3.63, 3.8) is 0 Å². The first-order chi connectivity index (χ1) is 15.6. The minimum Gasteiger partial charge on any atom is -0.379 e. The molecule has 3 heterocycles. The number of morpholine rings is 1. The van der Waals surface area contributed by atoms with Crippen LogP contribution in [0.3, 0.4) is 0 Å². The second-order valence-electron chi connectivity index (χ2n) is 7.40. The van der Waals surface area contributed by atoms with Crippen LogP contribution in [0.25, 0.3) is 21.6 Å². The lowest BCUT2D eigenvalue weighted by molar-refractivity contribution is 0.0730. The van der Waals surface area contributed by atoms with Crippen molar-refractivity contribution in [1.29, 1.82) is 0 Å². The number of fused-ring (bicyclic) bond motifs is 1. The molecule has 0 bridgehead atoms. The summed E-state index contributed by atoms with van der Waals surface area (Å²) in [5, 5.41) is 6.36. The largest absolute Gasteiger partial charge is 0.379 e. The quantitative estimate of drug-likeness (QED) is 0.463. The predicted octanol–water partition coefficient (Wildman–Crippen LogP) is 3.99. The van der Waals surface area contributed by atoms with E-state index in [4.69, 9.17) is 14.7 Å². The number of hydrogen-bond acceptors (Lipinski definition) is 7. The Morgan fingerprint density at radius 3 is 2.50 bits per heavy atom. The van der Waals surface area contributed by atoms with Gasteiger partial charge < -0.3 is 10.1 Å². The van der Waals surface area contributed by atoms with Crippen LogP contribution in [-0.4, -0.2) is 49.0 Å². The summed E-state index contributed by atoms with van der Waals surface area (Å²) in [4.78, 5) is 10.8. The van der Waals surface area contributed by atoms with Gasteiger partial charge in [-0.1, -0.05) is 30.3 Å². The molecule has 0 amide bonds. The Kier molecular flexibility index (Phi) is 5.88. The number of nitrogens with one attached hydrogen (secondary N) is 1. The van der Waals surface area contributed by atoms with Crippen molar-refractivity contribution >= 4 is 38.1 Å². The Morgan fingerprint density at radius 2 is 1.75 bits per heavy atom. The molecule has 0 radical (unpaired) electrons. The number of thiophene rings is 1. The van der Waals surface area contributed by atoms with E-state index in [2.05, 4.69) is 5.32 Å². The van der Waals surface area contributed by atoms with Crippen LogP contribution < -0.4 is 5.32 Å². The average molecular weight is 467 g/mol. The van der Waals surface area contributed by atoms with E-state index in [9.17, 15) is 8.42 Å². The molecule has 4 aromatic rings. The maximum atomic E-state index is 12.8. The molecular formula is C23H22N4O3S2. The topological polar surface area (TPSA) is 84.4 Å². The molecule has 0 unspecified atom stereocenters. The molecule has 2 aromatic carbocycles. The second kappa shape index (κ2) is 8.95. The first-order valence-corrected chi connectivity index (χ1v) is 12.6. The van der Waals surface area contributed by atoms with E-state index in [1.807, 2.05) is 53.9 Å². The van der Waals surface area contributed by atoms with Crippen LogP contribution in [0.1, 0.15) is 5.56 Å². The van der Waals surface area contributed by atoms with E-state index in [-0.39, 0.29) is 0 Å². The Labute approximate surface area is 190 Å². The van der Waals surface area contributed by atoms with E-state index in [1.165, 1.54) is 4.31 Å². The number of ether oxygens (including phenoxy) is 1. The van der Waals surface area contributed by atoms with Crippen molar-refractivity contribution in [2.75, 3.05) is 31.6 Å².